The summed E-state index contributed by atoms with van der Waals surface area (Å²) >= 11 is 6.10. The number of esters is 1. The van der Waals surface area contributed by atoms with Crippen LogP contribution < -0.4 is 10.5 Å². The third kappa shape index (κ3) is 3.67. The second-order valence-corrected chi connectivity index (χ2v) is 5.03. The molecule has 0 unspecified atom stereocenters. The van der Waals surface area contributed by atoms with Crippen LogP contribution in [0.1, 0.15) is 21.5 Å². The van der Waals surface area contributed by atoms with Crippen LogP contribution in [-0.4, -0.2) is 13.1 Å². The highest BCUT2D eigenvalue weighted by atomic mass is 35.5. The molecular weight excluding hydrogens is 290 g/mol. The first-order valence-corrected chi connectivity index (χ1v) is 6.74. The summed E-state index contributed by atoms with van der Waals surface area (Å²) in [7, 11) is 1.52. The van der Waals surface area contributed by atoms with E-state index in [0.717, 1.165) is 11.1 Å². The summed E-state index contributed by atoms with van der Waals surface area (Å²) in [6.07, 6.45) is 0. The second-order valence-electron chi connectivity index (χ2n) is 4.63. The molecule has 0 fully saturated rings. The van der Waals surface area contributed by atoms with E-state index in [1.165, 1.54) is 13.2 Å². The lowest BCUT2D eigenvalue weighted by Crippen LogP contribution is -2.06. The van der Waals surface area contributed by atoms with E-state index in [1.807, 2.05) is 25.1 Å². The van der Waals surface area contributed by atoms with Crippen molar-refractivity contribution in [3.63, 3.8) is 0 Å². The SMILES string of the molecule is COc1ccc(C(=O)OCc2ccc(C)cc2Cl)cc1N. The predicted octanol–water partition coefficient (Wildman–Crippen LogP) is 3.60. The number of hydrogen-bond donors (Lipinski definition) is 1. The van der Waals surface area contributed by atoms with Gasteiger partial charge in [-0.3, -0.25) is 0 Å². The Kier molecular flexibility index (Phi) is 4.70. The van der Waals surface area contributed by atoms with E-state index in [4.69, 9.17) is 26.8 Å². The minimum atomic E-state index is -0.457. The lowest BCUT2D eigenvalue weighted by Gasteiger charge is -2.09. The van der Waals surface area contributed by atoms with Crippen LogP contribution in [0.2, 0.25) is 5.02 Å². The predicted molar refractivity (Wildman–Crippen MR) is 82.7 cm³/mol. The van der Waals surface area contributed by atoms with Crippen LogP contribution in [0.15, 0.2) is 36.4 Å². The van der Waals surface area contributed by atoms with E-state index in [-0.39, 0.29) is 6.61 Å². The molecule has 2 N–H and O–H groups in total. The molecule has 0 amide bonds. The van der Waals surface area contributed by atoms with Gasteiger partial charge in [-0.25, -0.2) is 4.79 Å². The van der Waals surface area contributed by atoms with Crippen molar-refractivity contribution in [1.82, 2.24) is 0 Å². The zero-order chi connectivity index (χ0) is 15.4. The first-order chi connectivity index (χ1) is 10.0. The van der Waals surface area contributed by atoms with Gasteiger partial charge < -0.3 is 15.2 Å². The Morgan fingerprint density at radius 2 is 2.00 bits per heavy atom. The first-order valence-electron chi connectivity index (χ1n) is 6.37. The third-order valence-corrected chi connectivity index (χ3v) is 3.38. The van der Waals surface area contributed by atoms with Crippen molar-refractivity contribution in [2.75, 3.05) is 12.8 Å². The summed E-state index contributed by atoms with van der Waals surface area (Å²) in [6.45, 7) is 2.06. The van der Waals surface area contributed by atoms with E-state index < -0.39 is 5.97 Å². The number of aryl methyl sites for hydroxylation is 1. The van der Waals surface area contributed by atoms with Gasteiger partial charge in [0.05, 0.1) is 18.4 Å². The highest BCUT2D eigenvalue weighted by Gasteiger charge is 2.11. The second kappa shape index (κ2) is 6.50. The van der Waals surface area contributed by atoms with Crippen molar-refractivity contribution in [2.24, 2.45) is 0 Å². The van der Waals surface area contributed by atoms with Crippen LogP contribution in [-0.2, 0) is 11.3 Å². The fourth-order valence-corrected chi connectivity index (χ4v) is 2.15. The van der Waals surface area contributed by atoms with Crippen molar-refractivity contribution in [1.29, 1.82) is 0 Å². The number of ether oxygens (including phenoxy) is 2. The molecule has 0 aliphatic rings. The molecule has 0 radical (unpaired) electrons. The summed E-state index contributed by atoms with van der Waals surface area (Å²) in [5, 5.41) is 0.581. The Balaban J connectivity index is 2.06. The van der Waals surface area contributed by atoms with E-state index in [1.54, 1.807) is 12.1 Å². The van der Waals surface area contributed by atoms with Gasteiger partial charge in [-0.15, -0.1) is 0 Å². The Hall–Kier alpha value is -2.20. The Bertz CT molecular complexity index is 671. The van der Waals surface area contributed by atoms with Gasteiger partial charge in [0.25, 0.3) is 0 Å². The molecule has 4 nitrogen and oxygen atoms in total. The lowest BCUT2D eigenvalue weighted by molar-refractivity contribution is 0.0473. The van der Waals surface area contributed by atoms with Crippen LogP contribution in [0.4, 0.5) is 5.69 Å². The summed E-state index contributed by atoms with van der Waals surface area (Å²) in [4.78, 5) is 12.0. The molecule has 0 heterocycles. The average molecular weight is 306 g/mol. The van der Waals surface area contributed by atoms with E-state index in [2.05, 4.69) is 0 Å². The monoisotopic (exact) mass is 305 g/mol. The maximum absolute atomic E-state index is 12.0. The summed E-state index contributed by atoms with van der Waals surface area (Å²) in [6, 6.07) is 10.3. The highest BCUT2D eigenvalue weighted by molar-refractivity contribution is 6.31. The Morgan fingerprint density at radius 1 is 1.24 bits per heavy atom. The minimum Gasteiger partial charge on any atom is -0.495 e. The van der Waals surface area contributed by atoms with Gasteiger partial charge in [0.1, 0.15) is 12.4 Å². The number of methoxy groups -OCH3 is 1. The molecule has 0 saturated carbocycles. The Morgan fingerprint density at radius 3 is 2.62 bits per heavy atom. The molecule has 0 saturated heterocycles. The van der Waals surface area contributed by atoms with Gasteiger partial charge in [0, 0.05) is 10.6 Å². The van der Waals surface area contributed by atoms with E-state index in [0.29, 0.717) is 22.0 Å². The van der Waals surface area contributed by atoms with Gasteiger partial charge in [-0.05, 0) is 36.8 Å². The van der Waals surface area contributed by atoms with E-state index >= 15 is 0 Å². The molecule has 2 aromatic rings. The number of carbonyl (C=O) groups is 1. The maximum Gasteiger partial charge on any atom is 0.338 e. The molecule has 2 aromatic carbocycles. The molecule has 21 heavy (non-hydrogen) atoms. The number of halogens is 1. The molecular formula is C16H16ClNO3. The molecule has 2 rings (SSSR count). The minimum absolute atomic E-state index is 0.115. The molecule has 110 valence electrons. The van der Waals surface area contributed by atoms with Gasteiger partial charge in [-0.1, -0.05) is 23.7 Å². The van der Waals surface area contributed by atoms with Crippen LogP contribution in [0, 0.1) is 6.92 Å². The zero-order valence-corrected chi connectivity index (χ0v) is 12.6. The van der Waals surface area contributed by atoms with Crippen molar-refractivity contribution >= 4 is 23.3 Å². The largest absolute Gasteiger partial charge is 0.495 e. The number of hydrogen-bond acceptors (Lipinski definition) is 4. The molecule has 0 spiro atoms. The summed E-state index contributed by atoms with van der Waals surface area (Å²) in [5.74, 6) is 0.0640. The molecule has 0 aromatic heterocycles. The van der Waals surface area contributed by atoms with Gasteiger partial charge in [0.2, 0.25) is 0 Å². The average Bonchev–Trinajstić information content (AvgIpc) is 2.46. The molecule has 0 atom stereocenters. The van der Waals surface area contributed by atoms with Gasteiger partial charge in [-0.2, -0.15) is 0 Å². The van der Waals surface area contributed by atoms with Crippen molar-refractivity contribution < 1.29 is 14.3 Å². The normalized spacial score (nSPS) is 10.2. The summed E-state index contributed by atoms with van der Waals surface area (Å²) in [5.41, 5.74) is 8.34. The zero-order valence-electron chi connectivity index (χ0n) is 11.9. The smallest absolute Gasteiger partial charge is 0.338 e. The number of nitrogen functional groups attached to an aromatic ring is 1. The molecule has 0 aliphatic carbocycles. The Labute approximate surface area is 128 Å². The van der Waals surface area contributed by atoms with Crippen LogP contribution >= 0.6 is 11.6 Å². The number of rotatable bonds is 4. The van der Waals surface area contributed by atoms with Crippen molar-refractivity contribution in [2.45, 2.75) is 13.5 Å². The molecule has 0 bridgehead atoms. The fourth-order valence-electron chi connectivity index (χ4n) is 1.86. The highest BCUT2D eigenvalue weighted by Crippen LogP contribution is 2.23. The maximum atomic E-state index is 12.0. The van der Waals surface area contributed by atoms with Crippen LogP contribution in [0.5, 0.6) is 5.75 Å². The van der Waals surface area contributed by atoms with E-state index in [9.17, 15) is 4.79 Å². The number of benzene rings is 2. The van der Waals surface area contributed by atoms with Crippen LogP contribution in [0.25, 0.3) is 0 Å². The van der Waals surface area contributed by atoms with Gasteiger partial charge in [0.15, 0.2) is 0 Å². The number of anilines is 1. The lowest BCUT2D eigenvalue weighted by atomic mass is 10.1. The number of carbonyl (C=O) groups excluding carboxylic acids is 1. The summed E-state index contributed by atoms with van der Waals surface area (Å²) < 4.78 is 10.3. The van der Waals surface area contributed by atoms with Crippen LogP contribution in [0.3, 0.4) is 0 Å². The quantitative estimate of drug-likeness (QED) is 0.692. The van der Waals surface area contributed by atoms with Crippen molar-refractivity contribution in [3.8, 4) is 5.75 Å². The first kappa shape index (κ1) is 15.2. The fraction of sp³-hybridized carbons (Fsp3) is 0.188. The van der Waals surface area contributed by atoms with Crippen molar-refractivity contribution in [3.05, 3.63) is 58.1 Å². The topological polar surface area (TPSA) is 61.5 Å². The molecule has 5 heteroatoms. The third-order valence-electron chi connectivity index (χ3n) is 3.03. The molecule has 0 aliphatic heterocycles. The standard InChI is InChI=1S/C16H16ClNO3/c1-10-3-4-12(13(17)7-10)9-21-16(19)11-5-6-15(20-2)14(18)8-11/h3-8H,9,18H2,1-2H3. The van der Waals surface area contributed by atoms with Gasteiger partial charge >= 0.3 is 5.97 Å². The number of nitrogens with two attached hydrogens (primary N) is 1.